The Hall–Kier alpha value is -1.64. The van der Waals surface area contributed by atoms with Gasteiger partial charge >= 0.3 is 0 Å². The standard InChI is InChI=1S/C11H12N2O/c14-11(10-6-7-10)13-12-8-9-4-2-1-3-5-9/h1-5,8,10H,6-7H2,(H,13,14). The lowest BCUT2D eigenvalue weighted by atomic mass is 10.2. The largest absolute Gasteiger partial charge is 0.273 e. The normalized spacial score (nSPS) is 15.7. The number of hydrazone groups is 1. The minimum Gasteiger partial charge on any atom is -0.273 e. The molecule has 0 heterocycles. The maximum absolute atomic E-state index is 11.2. The summed E-state index contributed by atoms with van der Waals surface area (Å²) in [6.07, 6.45) is 3.67. The highest BCUT2D eigenvalue weighted by atomic mass is 16.2. The molecule has 0 aliphatic heterocycles. The minimum absolute atomic E-state index is 0.0391. The molecule has 14 heavy (non-hydrogen) atoms. The van der Waals surface area contributed by atoms with Gasteiger partial charge in [-0.25, -0.2) is 5.43 Å². The van der Waals surface area contributed by atoms with Gasteiger partial charge in [-0.1, -0.05) is 30.3 Å². The van der Waals surface area contributed by atoms with Gasteiger partial charge in [0.05, 0.1) is 6.21 Å². The van der Waals surface area contributed by atoms with Crippen LogP contribution in [-0.2, 0) is 4.79 Å². The van der Waals surface area contributed by atoms with Gasteiger partial charge in [-0.3, -0.25) is 4.79 Å². The van der Waals surface area contributed by atoms with Crippen LogP contribution in [0, 0.1) is 5.92 Å². The van der Waals surface area contributed by atoms with Crippen LogP contribution in [0.3, 0.4) is 0 Å². The average molecular weight is 188 g/mol. The minimum atomic E-state index is 0.0391. The zero-order valence-electron chi connectivity index (χ0n) is 7.81. The fraction of sp³-hybridized carbons (Fsp3) is 0.273. The van der Waals surface area contributed by atoms with E-state index < -0.39 is 0 Å². The van der Waals surface area contributed by atoms with Crippen LogP contribution in [0.4, 0.5) is 0 Å². The van der Waals surface area contributed by atoms with Crippen molar-refractivity contribution >= 4 is 12.1 Å². The van der Waals surface area contributed by atoms with Crippen molar-refractivity contribution in [3.63, 3.8) is 0 Å². The van der Waals surface area contributed by atoms with Crippen molar-refractivity contribution in [2.24, 2.45) is 11.0 Å². The van der Waals surface area contributed by atoms with E-state index in [0.717, 1.165) is 18.4 Å². The number of amides is 1. The van der Waals surface area contributed by atoms with Crippen molar-refractivity contribution in [1.29, 1.82) is 0 Å². The molecular formula is C11H12N2O. The molecule has 0 bridgehead atoms. The van der Waals surface area contributed by atoms with E-state index in [4.69, 9.17) is 0 Å². The van der Waals surface area contributed by atoms with E-state index in [2.05, 4.69) is 10.5 Å². The lowest BCUT2D eigenvalue weighted by Crippen LogP contribution is -2.18. The molecular weight excluding hydrogens is 176 g/mol. The van der Waals surface area contributed by atoms with Gasteiger partial charge in [0.15, 0.2) is 0 Å². The molecule has 3 heteroatoms. The molecule has 1 aliphatic rings. The van der Waals surface area contributed by atoms with E-state index >= 15 is 0 Å². The summed E-state index contributed by atoms with van der Waals surface area (Å²) in [6, 6.07) is 9.69. The zero-order chi connectivity index (χ0) is 9.80. The van der Waals surface area contributed by atoms with E-state index in [1.165, 1.54) is 0 Å². The van der Waals surface area contributed by atoms with Crippen LogP contribution in [0.15, 0.2) is 35.4 Å². The molecule has 1 amide bonds. The molecule has 1 N–H and O–H groups in total. The Morgan fingerprint density at radius 1 is 1.36 bits per heavy atom. The summed E-state index contributed by atoms with van der Waals surface area (Å²) in [5.41, 5.74) is 3.51. The highest BCUT2D eigenvalue weighted by molar-refractivity contribution is 5.84. The number of hydrogen-bond donors (Lipinski definition) is 1. The maximum atomic E-state index is 11.2. The predicted molar refractivity (Wildman–Crippen MR) is 54.9 cm³/mol. The molecule has 72 valence electrons. The van der Waals surface area contributed by atoms with Gasteiger partial charge < -0.3 is 0 Å². The number of nitrogens with one attached hydrogen (secondary N) is 1. The first kappa shape index (κ1) is 8.94. The second-order valence-corrected chi connectivity index (χ2v) is 3.42. The third-order valence-electron chi connectivity index (χ3n) is 2.14. The third kappa shape index (κ3) is 2.42. The van der Waals surface area contributed by atoms with E-state index in [0.29, 0.717) is 0 Å². The van der Waals surface area contributed by atoms with E-state index in [9.17, 15) is 4.79 Å². The molecule has 0 saturated heterocycles. The summed E-state index contributed by atoms with van der Waals surface area (Å²) in [6.45, 7) is 0. The Kier molecular flexibility index (Phi) is 2.58. The SMILES string of the molecule is O=C(NN=Cc1ccccc1)C1CC1. The van der Waals surface area contributed by atoms with Crippen LogP contribution in [0.5, 0.6) is 0 Å². The number of benzene rings is 1. The van der Waals surface area contributed by atoms with Gasteiger partial charge in [0.2, 0.25) is 5.91 Å². The molecule has 0 radical (unpaired) electrons. The Bertz CT molecular complexity index is 342. The van der Waals surface area contributed by atoms with Crippen molar-refractivity contribution < 1.29 is 4.79 Å². The number of nitrogens with zero attached hydrogens (tertiary/aromatic N) is 1. The number of hydrogen-bond acceptors (Lipinski definition) is 2. The fourth-order valence-electron chi connectivity index (χ4n) is 1.15. The first-order valence-corrected chi connectivity index (χ1v) is 4.74. The monoisotopic (exact) mass is 188 g/mol. The van der Waals surface area contributed by atoms with Gasteiger partial charge in [0.25, 0.3) is 0 Å². The second-order valence-electron chi connectivity index (χ2n) is 3.42. The van der Waals surface area contributed by atoms with Gasteiger partial charge in [-0.05, 0) is 18.4 Å². The molecule has 0 atom stereocenters. The maximum Gasteiger partial charge on any atom is 0.243 e. The lowest BCUT2D eigenvalue weighted by molar-refractivity contribution is -0.122. The molecule has 0 aromatic heterocycles. The van der Waals surface area contributed by atoms with Crippen molar-refractivity contribution in [2.45, 2.75) is 12.8 Å². The van der Waals surface area contributed by atoms with Gasteiger partial charge in [-0.15, -0.1) is 0 Å². The summed E-state index contributed by atoms with van der Waals surface area (Å²) in [7, 11) is 0. The van der Waals surface area contributed by atoms with Crippen molar-refractivity contribution in [1.82, 2.24) is 5.43 Å². The Morgan fingerprint density at radius 2 is 2.07 bits per heavy atom. The van der Waals surface area contributed by atoms with Gasteiger partial charge in [0.1, 0.15) is 0 Å². The molecule has 0 unspecified atom stereocenters. The second kappa shape index (κ2) is 4.05. The molecule has 1 fully saturated rings. The quantitative estimate of drug-likeness (QED) is 0.567. The number of carbonyl (C=O) groups excluding carboxylic acids is 1. The number of rotatable bonds is 3. The molecule has 3 nitrogen and oxygen atoms in total. The summed E-state index contributed by atoms with van der Waals surface area (Å²) >= 11 is 0. The van der Waals surface area contributed by atoms with Crippen LogP contribution in [0.2, 0.25) is 0 Å². The predicted octanol–water partition coefficient (Wildman–Crippen LogP) is 1.55. The highest BCUT2D eigenvalue weighted by Gasteiger charge is 2.29. The zero-order valence-corrected chi connectivity index (χ0v) is 7.81. The summed E-state index contributed by atoms with van der Waals surface area (Å²) < 4.78 is 0. The Morgan fingerprint density at radius 3 is 2.71 bits per heavy atom. The number of carbonyl (C=O) groups is 1. The molecule has 1 saturated carbocycles. The van der Waals surface area contributed by atoms with Crippen molar-refractivity contribution in [3.05, 3.63) is 35.9 Å². The summed E-state index contributed by atoms with van der Waals surface area (Å²) in [5, 5.41) is 3.88. The summed E-state index contributed by atoms with van der Waals surface area (Å²) in [4.78, 5) is 11.2. The van der Waals surface area contributed by atoms with Crippen molar-refractivity contribution in [3.8, 4) is 0 Å². The molecule has 1 aromatic carbocycles. The Labute approximate surface area is 82.8 Å². The topological polar surface area (TPSA) is 41.5 Å². The lowest BCUT2D eigenvalue weighted by Gasteiger charge is -1.95. The fourth-order valence-corrected chi connectivity index (χ4v) is 1.15. The van der Waals surface area contributed by atoms with E-state index in [1.54, 1.807) is 6.21 Å². The highest BCUT2D eigenvalue weighted by Crippen LogP contribution is 2.28. The van der Waals surface area contributed by atoms with Crippen molar-refractivity contribution in [2.75, 3.05) is 0 Å². The Balaban J connectivity index is 1.85. The molecule has 1 aromatic rings. The average Bonchev–Trinajstić information content (AvgIpc) is 3.02. The van der Waals surface area contributed by atoms with E-state index in [-0.39, 0.29) is 11.8 Å². The third-order valence-corrected chi connectivity index (χ3v) is 2.14. The molecule has 1 aliphatic carbocycles. The van der Waals surface area contributed by atoms with Crippen LogP contribution in [-0.4, -0.2) is 12.1 Å². The van der Waals surface area contributed by atoms with Crippen LogP contribution in [0.1, 0.15) is 18.4 Å². The first-order chi connectivity index (χ1) is 6.86. The van der Waals surface area contributed by atoms with Crippen LogP contribution >= 0.6 is 0 Å². The van der Waals surface area contributed by atoms with Crippen LogP contribution < -0.4 is 5.43 Å². The molecule has 2 rings (SSSR count). The summed E-state index contributed by atoms with van der Waals surface area (Å²) in [5.74, 6) is 0.250. The van der Waals surface area contributed by atoms with Gasteiger partial charge in [-0.2, -0.15) is 5.10 Å². The van der Waals surface area contributed by atoms with E-state index in [1.807, 2.05) is 30.3 Å². The van der Waals surface area contributed by atoms with Gasteiger partial charge in [0, 0.05) is 5.92 Å². The first-order valence-electron chi connectivity index (χ1n) is 4.74. The smallest absolute Gasteiger partial charge is 0.243 e. The van der Waals surface area contributed by atoms with Crippen LogP contribution in [0.25, 0.3) is 0 Å². The molecule has 0 spiro atoms.